The summed E-state index contributed by atoms with van der Waals surface area (Å²) < 4.78 is 33.9. The molecule has 0 aliphatic rings. The van der Waals surface area contributed by atoms with Crippen LogP contribution in [0.25, 0.3) is 0 Å². The number of hydrogen-bond acceptors (Lipinski definition) is 3. The van der Waals surface area contributed by atoms with Gasteiger partial charge in [-0.05, 0) is 25.0 Å². The summed E-state index contributed by atoms with van der Waals surface area (Å²) in [6.45, 7) is 3.72. The van der Waals surface area contributed by atoms with Crippen LogP contribution in [0.15, 0.2) is 24.3 Å². The summed E-state index contributed by atoms with van der Waals surface area (Å²) in [6.07, 6.45) is 0.697. The summed E-state index contributed by atoms with van der Waals surface area (Å²) in [4.78, 5) is 0. The van der Waals surface area contributed by atoms with Gasteiger partial charge in [-0.25, -0.2) is 8.42 Å². The van der Waals surface area contributed by atoms with E-state index in [0.717, 1.165) is 9.87 Å². The number of aryl methyl sites for hydroxylation is 1. The van der Waals surface area contributed by atoms with Gasteiger partial charge in [-0.1, -0.05) is 25.1 Å². The maximum atomic E-state index is 11.0. The molecule has 84 valence electrons. The van der Waals surface area contributed by atoms with Crippen LogP contribution in [0, 0.1) is 0 Å². The predicted octanol–water partition coefficient (Wildman–Crippen LogP) is -1.46. The van der Waals surface area contributed by atoms with Crippen molar-refractivity contribution in [1.82, 2.24) is 0 Å². The Morgan fingerprint density at radius 3 is 2.25 bits per heavy atom. The van der Waals surface area contributed by atoms with Crippen LogP contribution in [-0.2, 0) is 16.7 Å². The standard InChI is InChI=1S/C10H15NO3S.Na/c1-3-9-7-5-6-8-10(9)11(4-2)15(12,13)14;/h5-8H,3-4H2,1-2H3,(H,12,13,14);/q;+1/p-1. The van der Waals surface area contributed by atoms with Gasteiger partial charge >= 0.3 is 29.6 Å². The molecule has 0 spiro atoms. The van der Waals surface area contributed by atoms with Gasteiger partial charge in [-0.3, -0.25) is 4.31 Å². The van der Waals surface area contributed by atoms with Crippen LogP contribution in [0.5, 0.6) is 0 Å². The van der Waals surface area contributed by atoms with E-state index in [4.69, 9.17) is 0 Å². The first kappa shape index (κ1) is 15.9. The molecule has 4 nitrogen and oxygen atoms in total. The van der Waals surface area contributed by atoms with E-state index < -0.39 is 10.3 Å². The van der Waals surface area contributed by atoms with Crippen molar-refractivity contribution >= 4 is 16.0 Å². The van der Waals surface area contributed by atoms with Gasteiger partial charge in [0.2, 0.25) is 0 Å². The van der Waals surface area contributed by atoms with Crippen molar-refractivity contribution in [1.29, 1.82) is 0 Å². The van der Waals surface area contributed by atoms with Crippen molar-refractivity contribution in [3.63, 3.8) is 0 Å². The maximum absolute atomic E-state index is 11.0. The molecule has 0 aromatic heterocycles. The van der Waals surface area contributed by atoms with Gasteiger partial charge in [0, 0.05) is 6.54 Å². The Morgan fingerprint density at radius 2 is 1.81 bits per heavy atom. The fourth-order valence-electron chi connectivity index (χ4n) is 1.50. The summed E-state index contributed by atoms with van der Waals surface area (Å²) in [5.41, 5.74) is 1.34. The molecule has 0 saturated carbocycles. The molecule has 0 saturated heterocycles. The molecule has 0 heterocycles. The average Bonchev–Trinajstić information content (AvgIpc) is 2.17. The predicted molar refractivity (Wildman–Crippen MR) is 58.5 cm³/mol. The fraction of sp³-hybridized carbons (Fsp3) is 0.400. The first-order valence-corrected chi connectivity index (χ1v) is 6.18. The second-order valence-electron chi connectivity index (χ2n) is 3.10. The van der Waals surface area contributed by atoms with Crippen molar-refractivity contribution in [2.45, 2.75) is 20.3 Å². The molecule has 1 rings (SSSR count). The van der Waals surface area contributed by atoms with Crippen molar-refractivity contribution in [3.05, 3.63) is 29.8 Å². The van der Waals surface area contributed by atoms with Crippen LogP contribution in [0.1, 0.15) is 19.4 Å². The van der Waals surface area contributed by atoms with Gasteiger partial charge < -0.3 is 4.55 Å². The molecule has 0 aliphatic carbocycles. The van der Waals surface area contributed by atoms with E-state index in [0.29, 0.717) is 12.1 Å². The van der Waals surface area contributed by atoms with E-state index >= 15 is 0 Å². The summed E-state index contributed by atoms with van der Waals surface area (Å²) in [7, 11) is -4.42. The minimum atomic E-state index is -4.42. The van der Waals surface area contributed by atoms with Gasteiger partial charge in [0.15, 0.2) is 10.3 Å². The van der Waals surface area contributed by atoms with Crippen LogP contribution in [0.2, 0.25) is 0 Å². The van der Waals surface area contributed by atoms with Crippen molar-refractivity contribution in [3.8, 4) is 0 Å². The van der Waals surface area contributed by atoms with Gasteiger partial charge in [0.25, 0.3) is 0 Å². The molecule has 0 unspecified atom stereocenters. The molecular formula is C10H14NNaO3S. The van der Waals surface area contributed by atoms with Crippen molar-refractivity contribution in [2.75, 3.05) is 10.8 Å². The fourth-order valence-corrected chi connectivity index (χ4v) is 2.24. The molecule has 0 amide bonds. The average molecular weight is 251 g/mol. The second-order valence-corrected chi connectivity index (χ2v) is 4.40. The number of hydrogen-bond donors (Lipinski definition) is 0. The van der Waals surface area contributed by atoms with Crippen molar-refractivity contribution < 1.29 is 42.5 Å². The Hall–Kier alpha value is -0.0700. The summed E-state index contributed by atoms with van der Waals surface area (Å²) in [5, 5.41) is 0. The number of para-hydroxylation sites is 1. The minimum Gasteiger partial charge on any atom is -0.731 e. The topological polar surface area (TPSA) is 60.4 Å². The molecule has 0 atom stereocenters. The van der Waals surface area contributed by atoms with E-state index in [2.05, 4.69) is 0 Å². The zero-order chi connectivity index (χ0) is 11.5. The van der Waals surface area contributed by atoms with Gasteiger partial charge in [0.05, 0.1) is 5.69 Å². The zero-order valence-corrected chi connectivity index (χ0v) is 12.6. The van der Waals surface area contributed by atoms with Crippen LogP contribution in [0.4, 0.5) is 5.69 Å². The summed E-state index contributed by atoms with van der Waals surface area (Å²) in [6, 6.07) is 7.02. The molecule has 0 radical (unpaired) electrons. The minimum absolute atomic E-state index is 0. The second kappa shape index (κ2) is 6.61. The molecule has 0 bridgehead atoms. The monoisotopic (exact) mass is 251 g/mol. The van der Waals surface area contributed by atoms with E-state index in [1.54, 1.807) is 19.1 Å². The Bertz CT molecular complexity index is 433. The number of anilines is 1. The third kappa shape index (κ3) is 3.75. The van der Waals surface area contributed by atoms with Crippen LogP contribution in [0.3, 0.4) is 0 Å². The van der Waals surface area contributed by atoms with Gasteiger partial charge in [0.1, 0.15) is 0 Å². The molecule has 1 aromatic carbocycles. The molecule has 6 heteroatoms. The van der Waals surface area contributed by atoms with E-state index in [-0.39, 0.29) is 36.1 Å². The Kier molecular flexibility index (Phi) is 6.58. The quantitative estimate of drug-likeness (QED) is 0.485. The Morgan fingerprint density at radius 1 is 1.25 bits per heavy atom. The SMILES string of the molecule is CCc1ccccc1N(CC)S(=O)(=O)[O-].[Na+]. The van der Waals surface area contributed by atoms with Gasteiger partial charge in [-0.15, -0.1) is 0 Å². The molecule has 0 N–H and O–H groups in total. The molecule has 16 heavy (non-hydrogen) atoms. The third-order valence-electron chi connectivity index (χ3n) is 2.20. The first-order chi connectivity index (χ1) is 7.00. The first-order valence-electron chi connectivity index (χ1n) is 4.82. The largest absolute Gasteiger partial charge is 1.00 e. The van der Waals surface area contributed by atoms with E-state index in [1.165, 1.54) is 0 Å². The number of benzene rings is 1. The summed E-state index contributed by atoms with van der Waals surface area (Å²) >= 11 is 0. The normalized spacial score (nSPS) is 10.7. The Labute approximate surface area is 119 Å². The third-order valence-corrected chi connectivity index (χ3v) is 3.19. The van der Waals surface area contributed by atoms with Crippen molar-refractivity contribution in [2.24, 2.45) is 0 Å². The maximum Gasteiger partial charge on any atom is 1.00 e. The van der Waals surface area contributed by atoms with E-state index in [9.17, 15) is 13.0 Å². The van der Waals surface area contributed by atoms with Gasteiger partial charge in [-0.2, -0.15) is 0 Å². The molecule has 0 fully saturated rings. The van der Waals surface area contributed by atoms with Crippen LogP contribution < -0.4 is 33.9 Å². The van der Waals surface area contributed by atoms with Crippen LogP contribution >= 0.6 is 0 Å². The molecular weight excluding hydrogens is 237 g/mol. The molecule has 1 aromatic rings. The van der Waals surface area contributed by atoms with Crippen LogP contribution in [-0.4, -0.2) is 19.5 Å². The Balaban J connectivity index is 0.00000225. The van der Waals surface area contributed by atoms with E-state index in [1.807, 2.05) is 19.1 Å². The zero-order valence-electron chi connectivity index (χ0n) is 9.80. The number of rotatable bonds is 4. The number of nitrogens with zero attached hydrogens (tertiary/aromatic N) is 1. The summed E-state index contributed by atoms with van der Waals surface area (Å²) in [5.74, 6) is 0. The smallest absolute Gasteiger partial charge is 0.731 e. The molecule has 0 aliphatic heterocycles.